The molecule has 0 spiro atoms. The van der Waals surface area contributed by atoms with Crippen LogP contribution in [0.1, 0.15) is 16.1 Å². The first-order valence-electron chi connectivity index (χ1n) is 7.36. The SMILES string of the molecule is Cc1cc(C(=O)Nc2nnc(-c3cccs3)s2)c2cc(F)ccc2n1. The number of benzene rings is 1. The lowest BCUT2D eigenvalue weighted by molar-refractivity contribution is 0.102. The van der Waals surface area contributed by atoms with Crippen molar-refractivity contribution in [3.63, 3.8) is 0 Å². The molecule has 0 aliphatic carbocycles. The molecule has 0 aliphatic rings. The van der Waals surface area contributed by atoms with Gasteiger partial charge in [0.2, 0.25) is 5.13 Å². The van der Waals surface area contributed by atoms with E-state index in [1.807, 2.05) is 17.5 Å². The van der Waals surface area contributed by atoms with Crippen molar-refractivity contribution in [2.45, 2.75) is 6.92 Å². The van der Waals surface area contributed by atoms with E-state index in [0.29, 0.717) is 27.3 Å². The van der Waals surface area contributed by atoms with E-state index < -0.39 is 5.82 Å². The molecule has 0 fully saturated rings. The number of anilines is 1. The second-order valence-electron chi connectivity index (χ2n) is 5.32. The third-order valence-corrected chi connectivity index (χ3v) is 5.40. The summed E-state index contributed by atoms with van der Waals surface area (Å²) < 4.78 is 13.6. The van der Waals surface area contributed by atoms with E-state index in [-0.39, 0.29) is 5.91 Å². The Labute approximate surface area is 150 Å². The van der Waals surface area contributed by atoms with E-state index >= 15 is 0 Å². The van der Waals surface area contributed by atoms with Crippen molar-refractivity contribution in [3.8, 4) is 9.88 Å². The molecule has 1 N–H and O–H groups in total. The number of fused-ring (bicyclic) bond motifs is 1. The van der Waals surface area contributed by atoms with Gasteiger partial charge in [0.25, 0.3) is 5.91 Å². The summed E-state index contributed by atoms with van der Waals surface area (Å²) in [6, 6.07) is 9.72. The largest absolute Gasteiger partial charge is 0.296 e. The number of amides is 1. The maximum atomic E-state index is 13.6. The van der Waals surface area contributed by atoms with Crippen molar-refractivity contribution in [2.75, 3.05) is 5.32 Å². The quantitative estimate of drug-likeness (QED) is 0.576. The van der Waals surface area contributed by atoms with Crippen molar-refractivity contribution in [2.24, 2.45) is 0 Å². The summed E-state index contributed by atoms with van der Waals surface area (Å²) in [4.78, 5) is 18.0. The molecule has 124 valence electrons. The zero-order valence-electron chi connectivity index (χ0n) is 13.0. The number of hydrogen-bond donors (Lipinski definition) is 1. The highest BCUT2D eigenvalue weighted by molar-refractivity contribution is 7.23. The summed E-state index contributed by atoms with van der Waals surface area (Å²) in [5, 5.41) is 14.4. The maximum absolute atomic E-state index is 13.6. The molecule has 4 aromatic rings. The number of halogens is 1. The Hall–Kier alpha value is -2.71. The van der Waals surface area contributed by atoms with Gasteiger partial charge in [0, 0.05) is 11.1 Å². The Bertz CT molecular complexity index is 1080. The summed E-state index contributed by atoms with van der Waals surface area (Å²) in [7, 11) is 0. The zero-order chi connectivity index (χ0) is 17.4. The Balaban J connectivity index is 1.67. The predicted molar refractivity (Wildman–Crippen MR) is 97.6 cm³/mol. The molecule has 3 heterocycles. The third-order valence-electron chi connectivity index (χ3n) is 3.52. The minimum absolute atomic E-state index is 0.356. The number of carbonyl (C=O) groups is 1. The lowest BCUT2D eigenvalue weighted by Gasteiger charge is -2.07. The van der Waals surface area contributed by atoms with Gasteiger partial charge in [-0.15, -0.1) is 21.5 Å². The minimum Gasteiger partial charge on any atom is -0.296 e. The molecule has 25 heavy (non-hydrogen) atoms. The second kappa shape index (κ2) is 6.30. The highest BCUT2D eigenvalue weighted by atomic mass is 32.1. The lowest BCUT2D eigenvalue weighted by atomic mass is 10.1. The van der Waals surface area contributed by atoms with E-state index in [1.165, 1.54) is 23.5 Å². The van der Waals surface area contributed by atoms with Gasteiger partial charge >= 0.3 is 0 Å². The molecular formula is C17H11FN4OS2. The molecule has 1 amide bonds. The van der Waals surface area contributed by atoms with E-state index in [2.05, 4.69) is 20.5 Å². The van der Waals surface area contributed by atoms with Gasteiger partial charge in [-0.05, 0) is 42.6 Å². The van der Waals surface area contributed by atoms with Gasteiger partial charge in [0.1, 0.15) is 5.82 Å². The Morgan fingerprint density at radius 3 is 2.88 bits per heavy atom. The zero-order valence-corrected chi connectivity index (χ0v) is 14.6. The molecule has 0 saturated heterocycles. The van der Waals surface area contributed by atoms with Crippen LogP contribution in [0.3, 0.4) is 0 Å². The van der Waals surface area contributed by atoms with Gasteiger partial charge in [-0.1, -0.05) is 17.4 Å². The van der Waals surface area contributed by atoms with Crippen LogP contribution in [0.5, 0.6) is 0 Å². The van der Waals surface area contributed by atoms with Gasteiger partial charge in [-0.2, -0.15) is 0 Å². The van der Waals surface area contributed by atoms with Gasteiger partial charge in [-0.25, -0.2) is 4.39 Å². The van der Waals surface area contributed by atoms with Crippen LogP contribution in [0.25, 0.3) is 20.8 Å². The monoisotopic (exact) mass is 370 g/mol. The molecule has 0 radical (unpaired) electrons. The van der Waals surface area contributed by atoms with Gasteiger partial charge in [-0.3, -0.25) is 15.1 Å². The topological polar surface area (TPSA) is 67.8 Å². The Kier molecular flexibility index (Phi) is 3.98. The third kappa shape index (κ3) is 3.13. The highest BCUT2D eigenvalue weighted by Gasteiger charge is 2.16. The van der Waals surface area contributed by atoms with Crippen molar-refractivity contribution in [3.05, 3.63) is 58.9 Å². The number of aromatic nitrogens is 3. The molecule has 4 rings (SSSR count). The highest BCUT2D eigenvalue weighted by Crippen LogP contribution is 2.30. The molecule has 0 bridgehead atoms. The summed E-state index contributed by atoms with van der Waals surface area (Å²) >= 11 is 2.85. The Morgan fingerprint density at radius 1 is 1.20 bits per heavy atom. The fraction of sp³-hybridized carbons (Fsp3) is 0.0588. The van der Waals surface area contributed by atoms with Crippen molar-refractivity contribution >= 4 is 44.6 Å². The van der Waals surface area contributed by atoms with Crippen molar-refractivity contribution < 1.29 is 9.18 Å². The molecule has 0 unspecified atom stereocenters. The van der Waals surface area contributed by atoms with Gasteiger partial charge in [0.05, 0.1) is 16.0 Å². The molecule has 8 heteroatoms. The molecular weight excluding hydrogens is 359 g/mol. The van der Waals surface area contributed by atoms with Crippen LogP contribution in [0, 0.1) is 12.7 Å². The fourth-order valence-electron chi connectivity index (χ4n) is 2.46. The second-order valence-corrected chi connectivity index (χ2v) is 7.24. The maximum Gasteiger partial charge on any atom is 0.258 e. The van der Waals surface area contributed by atoms with E-state index in [0.717, 1.165) is 9.88 Å². The summed E-state index contributed by atoms with van der Waals surface area (Å²) in [5.41, 5.74) is 1.61. The number of nitrogens with one attached hydrogen (secondary N) is 1. The molecule has 0 atom stereocenters. The van der Waals surface area contributed by atoms with E-state index in [1.54, 1.807) is 30.4 Å². The van der Waals surface area contributed by atoms with Crippen molar-refractivity contribution in [1.82, 2.24) is 15.2 Å². The Morgan fingerprint density at radius 2 is 2.08 bits per heavy atom. The first kappa shape index (κ1) is 15.8. The normalized spacial score (nSPS) is 11.0. The number of rotatable bonds is 3. The van der Waals surface area contributed by atoms with Crippen LogP contribution in [0.4, 0.5) is 9.52 Å². The smallest absolute Gasteiger partial charge is 0.258 e. The summed E-state index contributed by atoms with van der Waals surface area (Å²) in [6.07, 6.45) is 0. The first-order valence-corrected chi connectivity index (χ1v) is 9.05. The average Bonchev–Trinajstić information content (AvgIpc) is 3.25. The molecule has 3 aromatic heterocycles. The van der Waals surface area contributed by atoms with Crippen LogP contribution < -0.4 is 5.32 Å². The van der Waals surface area contributed by atoms with Crippen LogP contribution in [-0.2, 0) is 0 Å². The van der Waals surface area contributed by atoms with Gasteiger partial charge in [0.15, 0.2) is 5.01 Å². The summed E-state index contributed by atoms with van der Waals surface area (Å²) in [6.45, 7) is 1.79. The lowest BCUT2D eigenvalue weighted by Crippen LogP contribution is -2.13. The average molecular weight is 370 g/mol. The molecule has 5 nitrogen and oxygen atoms in total. The van der Waals surface area contributed by atoms with Crippen LogP contribution >= 0.6 is 22.7 Å². The predicted octanol–water partition coefficient (Wildman–Crippen LogP) is 4.51. The van der Waals surface area contributed by atoms with Crippen LogP contribution in [0.2, 0.25) is 0 Å². The molecule has 0 saturated carbocycles. The van der Waals surface area contributed by atoms with Gasteiger partial charge < -0.3 is 0 Å². The van der Waals surface area contributed by atoms with E-state index in [9.17, 15) is 9.18 Å². The van der Waals surface area contributed by atoms with Crippen LogP contribution in [-0.4, -0.2) is 21.1 Å². The van der Waals surface area contributed by atoms with Crippen LogP contribution in [0.15, 0.2) is 41.8 Å². The number of hydrogen-bond acceptors (Lipinski definition) is 6. The first-order chi connectivity index (χ1) is 12.1. The standard InChI is InChI=1S/C17H11FN4OS2/c1-9-7-12(11-8-10(18)4-5-13(11)19-9)15(23)20-17-22-21-16(25-17)14-3-2-6-24-14/h2-8H,1H3,(H,20,22,23). The molecule has 1 aromatic carbocycles. The fourth-order valence-corrected chi connectivity index (χ4v) is 3.99. The number of pyridine rings is 1. The number of thiophene rings is 1. The number of aryl methyl sites for hydroxylation is 1. The summed E-state index contributed by atoms with van der Waals surface area (Å²) in [5.74, 6) is -0.780. The molecule has 0 aliphatic heterocycles. The van der Waals surface area contributed by atoms with E-state index in [4.69, 9.17) is 0 Å². The van der Waals surface area contributed by atoms with Crippen molar-refractivity contribution in [1.29, 1.82) is 0 Å². The number of carbonyl (C=O) groups excluding carboxylic acids is 1. The minimum atomic E-state index is -0.414. The number of nitrogens with zero attached hydrogens (tertiary/aromatic N) is 3.